The lowest BCUT2D eigenvalue weighted by Gasteiger charge is -2.09. The highest BCUT2D eigenvalue weighted by molar-refractivity contribution is 5.82. The van der Waals surface area contributed by atoms with E-state index in [2.05, 4.69) is 24.7 Å². The standard InChI is InChI=1S/C13H22O3/c1-10(2)6-5-7-11(3)8-13(15)9-16-12(4)14/h6,11H,5,7-9H2,1-4H3/t11-/m0/s1. The number of ether oxygens (including phenoxy) is 1. The molecule has 3 heteroatoms. The number of carbonyl (C=O) groups is 2. The summed E-state index contributed by atoms with van der Waals surface area (Å²) in [4.78, 5) is 21.9. The molecule has 92 valence electrons. The maximum atomic E-state index is 11.4. The zero-order valence-corrected chi connectivity index (χ0v) is 10.7. The summed E-state index contributed by atoms with van der Waals surface area (Å²) < 4.78 is 4.65. The molecule has 3 nitrogen and oxygen atoms in total. The van der Waals surface area contributed by atoms with E-state index in [4.69, 9.17) is 0 Å². The van der Waals surface area contributed by atoms with Crippen LogP contribution in [0.4, 0.5) is 0 Å². The summed E-state index contributed by atoms with van der Waals surface area (Å²) >= 11 is 0. The van der Waals surface area contributed by atoms with Crippen LogP contribution < -0.4 is 0 Å². The Morgan fingerprint density at radius 2 is 1.88 bits per heavy atom. The molecule has 0 aromatic carbocycles. The maximum Gasteiger partial charge on any atom is 0.303 e. The molecule has 0 aromatic rings. The van der Waals surface area contributed by atoms with Gasteiger partial charge < -0.3 is 4.74 Å². The first kappa shape index (κ1) is 14.9. The first-order valence-electron chi connectivity index (χ1n) is 5.70. The van der Waals surface area contributed by atoms with Crippen molar-refractivity contribution >= 4 is 11.8 Å². The molecule has 0 rings (SSSR count). The van der Waals surface area contributed by atoms with Gasteiger partial charge >= 0.3 is 5.97 Å². The number of esters is 1. The van der Waals surface area contributed by atoms with Gasteiger partial charge in [0, 0.05) is 13.3 Å². The number of carbonyl (C=O) groups excluding carboxylic acids is 2. The molecule has 0 fully saturated rings. The lowest BCUT2D eigenvalue weighted by molar-refractivity contribution is -0.146. The molecule has 0 aliphatic heterocycles. The first-order chi connectivity index (χ1) is 7.41. The van der Waals surface area contributed by atoms with Crippen LogP contribution in [0.3, 0.4) is 0 Å². The largest absolute Gasteiger partial charge is 0.458 e. The van der Waals surface area contributed by atoms with Crippen LogP contribution in [0.5, 0.6) is 0 Å². The molecule has 0 aliphatic rings. The lowest BCUT2D eigenvalue weighted by atomic mass is 9.99. The summed E-state index contributed by atoms with van der Waals surface area (Å²) in [7, 11) is 0. The second-order valence-electron chi connectivity index (χ2n) is 4.49. The van der Waals surface area contributed by atoms with Crippen molar-refractivity contribution in [1.82, 2.24) is 0 Å². The van der Waals surface area contributed by atoms with E-state index in [-0.39, 0.29) is 12.4 Å². The van der Waals surface area contributed by atoms with Gasteiger partial charge in [-0.2, -0.15) is 0 Å². The van der Waals surface area contributed by atoms with Crippen LogP contribution in [0.15, 0.2) is 11.6 Å². The van der Waals surface area contributed by atoms with E-state index in [1.165, 1.54) is 12.5 Å². The van der Waals surface area contributed by atoms with Crippen LogP contribution >= 0.6 is 0 Å². The van der Waals surface area contributed by atoms with Crippen LogP contribution in [0, 0.1) is 5.92 Å². The summed E-state index contributed by atoms with van der Waals surface area (Å²) in [6, 6.07) is 0. The molecule has 0 amide bonds. The normalized spacial score (nSPS) is 11.8. The van der Waals surface area contributed by atoms with Gasteiger partial charge in [0.05, 0.1) is 0 Å². The molecule has 0 spiro atoms. The monoisotopic (exact) mass is 226 g/mol. The van der Waals surface area contributed by atoms with Crippen molar-refractivity contribution in [3.8, 4) is 0 Å². The molecular formula is C13H22O3. The van der Waals surface area contributed by atoms with Gasteiger partial charge in [-0.3, -0.25) is 9.59 Å². The van der Waals surface area contributed by atoms with Gasteiger partial charge in [-0.05, 0) is 32.6 Å². The molecule has 0 heterocycles. The minimum atomic E-state index is -0.398. The highest BCUT2D eigenvalue weighted by atomic mass is 16.5. The Labute approximate surface area is 97.9 Å². The molecule has 0 aliphatic carbocycles. The number of allylic oxidation sites excluding steroid dienone is 2. The average molecular weight is 226 g/mol. The molecule has 0 bridgehead atoms. The van der Waals surface area contributed by atoms with Crippen LogP contribution in [0.2, 0.25) is 0 Å². The fourth-order valence-electron chi connectivity index (χ4n) is 1.39. The quantitative estimate of drug-likeness (QED) is 0.495. The van der Waals surface area contributed by atoms with Gasteiger partial charge in [0.15, 0.2) is 5.78 Å². The lowest BCUT2D eigenvalue weighted by Crippen LogP contribution is -2.14. The highest BCUT2D eigenvalue weighted by Gasteiger charge is 2.09. The van der Waals surface area contributed by atoms with Gasteiger partial charge in [-0.25, -0.2) is 0 Å². The summed E-state index contributed by atoms with van der Waals surface area (Å²) in [5, 5.41) is 0. The summed E-state index contributed by atoms with van der Waals surface area (Å²) in [5.41, 5.74) is 1.30. The summed E-state index contributed by atoms with van der Waals surface area (Å²) in [6.45, 7) is 7.41. The van der Waals surface area contributed by atoms with Crippen molar-refractivity contribution in [1.29, 1.82) is 0 Å². The third-order valence-corrected chi connectivity index (χ3v) is 2.22. The van der Waals surface area contributed by atoms with Crippen molar-refractivity contribution in [2.24, 2.45) is 5.92 Å². The number of hydrogen-bond acceptors (Lipinski definition) is 3. The molecule has 0 N–H and O–H groups in total. The van der Waals surface area contributed by atoms with E-state index in [1.807, 2.05) is 6.92 Å². The van der Waals surface area contributed by atoms with E-state index < -0.39 is 5.97 Å². The molecular weight excluding hydrogens is 204 g/mol. The van der Waals surface area contributed by atoms with E-state index in [0.29, 0.717) is 12.3 Å². The minimum absolute atomic E-state index is 0.0000926. The Bertz CT molecular complexity index is 262. The topological polar surface area (TPSA) is 43.4 Å². The maximum absolute atomic E-state index is 11.4. The van der Waals surface area contributed by atoms with Gasteiger partial charge in [-0.15, -0.1) is 0 Å². The second kappa shape index (κ2) is 8.08. The van der Waals surface area contributed by atoms with Gasteiger partial charge in [0.1, 0.15) is 6.61 Å². The Morgan fingerprint density at radius 3 is 2.38 bits per heavy atom. The predicted molar refractivity (Wildman–Crippen MR) is 64.1 cm³/mol. The molecule has 0 aromatic heterocycles. The third kappa shape index (κ3) is 9.44. The number of ketones is 1. The van der Waals surface area contributed by atoms with Crippen molar-refractivity contribution in [2.75, 3.05) is 6.61 Å². The van der Waals surface area contributed by atoms with Crippen molar-refractivity contribution < 1.29 is 14.3 Å². The Hall–Kier alpha value is -1.12. The van der Waals surface area contributed by atoms with Gasteiger partial charge in [0.2, 0.25) is 0 Å². The summed E-state index contributed by atoms with van der Waals surface area (Å²) in [5.74, 6) is -0.0518. The van der Waals surface area contributed by atoms with E-state index in [0.717, 1.165) is 12.8 Å². The van der Waals surface area contributed by atoms with Gasteiger partial charge in [-0.1, -0.05) is 18.6 Å². The molecule has 0 radical (unpaired) electrons. The van der Waals surface area contributed by atoms with Crippen LogP contribution in [-0.4, -0.2) is 18.4 Å². The number of Topliss-reactive ketones (excluding diaryl/α,β-unsaturated/α-hetero) is 1. The molecule has 16 heavy (non-hydrogen) atoms. The molecule has 1 atom stereocenters. The first-order valence-corrected chi connectivity index (χ1v) is 5.70. The molecule has 0 unspecified atom stereocenters. The number of rotatable bonds is 7. The van der Waals surface area contributed by atoms with E-state index in [1.54, 1.807) is 0 Å². The second-order valence-corrected chi connectivity index (χ2v) is 4.49. The van der Waals surface area contributed by atoms with Gasteiger partial charge in [0.25, 0.3) is 0 Å². The van der Waals surface area contributed by atoms with Crippen LogP contribution in [0.25, 0.3) is 0 Å². The van der Waals surface area contributed by atoms with E-state index >= 15 is 0 Å². The fourth-order valence-corrected chi connectivity index (χ4v) is 1.39. The SMILES string of the molecule is CC(=O)OCC(=O)C[C@@H](C)CCC=C(C)C. The smallest absolute Gasteiger partial charge is 0.303 e. The van der Waals surface area contributed by atoms with Crippen LogP contribution in [-0.2, 0) is 14.3 Å². The Morgan fingerprint density at radius 1 is 1.25 bits per heavy atom. The highest BCUT2D eigenvalue weighted by Crippen LogP contribution is 2.12. The zero-order valence-electron chi connectivity index (χ0n) is 10.7. The minimum Gasteiger partial charge on any atom is -0.458 e. The zero-order chi connectivity index (χ0) is 12.6. The predicted octanol–water partition coefficient (Wildman–Crippen LogP) is 2.89. The molecule has 0 saturated carbocycles. The summed E-state index contributed by atoms with van der Waals surface area (Å²) in [6.07, 6.45) is 4.66. The van der Waals surface area contributed by atoms with Crippen LogP contribution in [0.1, 0.15) is 47.0 Å². The average Bonchev–Trinajstić information content (AvgIpc) is 2.14. The Kier molecular flexibility index (Phi) is 7.52. The van der Waals surface area contributed by atoms with Crippen molar-refractivity contribution in [3.63, 3.8) is 0 Å². The third-order valence-electron chi connectivity index (χ3n) is 2.22. The fraction of sp³-hybridized carbons (Fsp3) is 0.692. The number of hydrogen-bond donors (Lipinski definition) is 0. The molecule has 0 saturated heterocycles. The Balaban J connectivity index is 3.70. The van der Waals surface area contributed by atoms with Crippen molar-refractivity contribution in [2.45, 2.75) is 47.0 Å². The van der Waals surface area contributed by atoms with Crippen molar-refractivity contribution in [3.05, 3.63) is 11.6 Å². The van der Waals surface area contributed by atoms with E-state index in [9.17, 15) is 9.59 Å².